The predicted molar refractivity (Wildman–Crippen MR) is 79.0 cm³/mol. The van der Waals surface area contributed by atoms with Crippen LogP contribution in [0.3, 0.4) is 0 Å². The molecule has 0 saturated heterocycles. The Bertz CT molecular complexity index is 521. The van der Waals surface area contributed by atoms with Gasteiger partial charge in [-0.1, -0.05) is 22.0 Å². The van der Waals surface area contributed by atoms with Gasteiger partial charge in [0, 0.05) is 10.0 Å². The summed E-state index contributed by atoms with van der Waals surface area (Å²) in [4.78, 5) is 12.0. The van der Waals surface area contributed by atoms with Gasteiger partial charge < -0.3 is 10.1 Å². The van der Waals surface area contributed by atoms with Gasteiger partial charge in [-0.25, -0.2) is 9.18 Å². The molecule has 1 amide bonds. The molecule has 1 aromatic rings. The minimum absolute atomic E-state index is 0.310. The Balaban J connectivity index is 2.20. The molecule has 3 nitrogen and oxygen atoms in total. The van der Waals surface area contributed by atoms with Crippen LogP contribution in [0.15, 0.2) is 22.7 Å². The van der Waals surface area contributed by atoms with Gasteiger partial charge in [0.2, 0.25) is 0 Å². The number of ether oxygens (including phenoxy) is 1. The lowest BCUT2D eigenvalue weighted by molar-refractivity contribution is 0.0373. The zero-order chi connectivity index (χ0) is 15.0. The summed E-state index contributed by atoms with van der Waals surface area (Å²) in [5.74, 6) is -0.310. The first kappa shape index (κ1) is 15.3. The van der Waals surface area contributed by atoms with E-state index in [0.717, 1.165) is 19.3 Å². The highest BCUT2D eigenvalue weighted by Crippen LogP contribution is 2.43. The topological polar surface area (TPSA) is 38.3 Å². The van der Waals surface area contributed by atoms with Crippen molar-refractivity contribution >= 4 is 22.0 Å². The molecule has 2 rings (SSSR count). The molecule has 5 heteroatoms. The number of rotatable bonds is 2. The third-order valence-corrected chi connectivity index (χ3v) is 3.89. The van der Waals surface area contributed by atoms with E-state index in [1.807, 2.05) is 0 Å². The minimum Gasteiger partial charge on any atom is -0.444 e. The van der Waals surface area contributed by atoms with Crippen LogP contribution in [0.25, 0.3) is 0 Å². The molecule has 20 heavy (non-hydrogen) atoms. The van der Waals surface area contributed by atoms with Crippen LogP contribution in [0.2, 0.25) is 0 Å². The summed E-state index contributed by atoms with van der Waals surface area (Å²) in [5.41, 5.74) is -0.668. The third kappa shape index (κ3) is 3.32. The molecule has 0 aromatic heterocycles. The average Bonchev–Trinajstić information content (AvgIpc) is 2.21. The SMILES string of the molecule is CC(C)(C)OC(=O)NC1(c2ccc(Br)cc2F)CCC1. The van der Waals surface area contributed by atoms with Crippen LogP contribution in [0.1, 0.15) is 45.6 Å². The summed E-state index contributed by atoms with van der Waals surface area (Å²) < 4.78 is 20.1. The second kappa shape index (κ2) is 5.35. The number of halogens is 2. The smallest absolute Gasteiger partial charge is 0.408 e. The lowest BCUT2D eigenvalue weighted by Crippen LogP contribution is -2.52. The molecule has 0 radical (unpaired) electrons. The van der Waals surface area contributed by atoms with Crippen LogP contribution < -0.4 is 5.32 Å². The van der Waals surface area contributed by atoms with Gasteiger partial charge in [0.15, 0.2) is 0 Å². The number of benzene rings is 1. The zero-order valence-corrected chi connectivity index (χ0v) is 13.5. The van der Waals surface area contributed by atoms with E-state index in [2.05, 4.69) is 21.2 Å². The number of alkyl carbamates (subject to hydrolysis) is 1. The van der Waals surface area contributed by atoms with E-state index in [1.54, 1.807) is 32.9 Å². The fourth-order valence-corrected chi connectivity index (χ4v) is 2.70. The largest absolute Gasteiger partial charge is 0.444 e. The summed E-state index contributed by atoms with van der Waals surface area (Å²) in [6, 6.07) is 4.93. The number of carbonyl (C=O) groups is 1. The maximum Gasteiger partial charge on any atom is 0.408 e. The summed E-state index contributed by atoms with van der Waals surface area (Å²) >= 11 is 3.24. The summed E-state index contributed by atoms with van der Waals surface area (Å²) in [6.45, 7) is 5.42. The molecule has 0 unspecified atom stereocenters. The van der Waals surface area contributed by atoms with Crippen molar-refractivity contribution in [3.63, 3.8) is 0 Å². The van der Waals surface area contributed by atoms with E-state index in [0.29, 0.717) is 10.0 Å². The van der Waals surface area contributed by atoms with E-state index < -0.39 is 17.2 Å². The molecule has 1 N–H and O–H groups in total. The average molecular weight is 344 g/mol. The van der Waals surface area contributed by atoms with E-state index in [-0.39, 0.29) is 5.82 Å². The molecule has 0 heterocycles. The van der Waals surface area contributed by atoms with Gasteiger partial charge in [-0.15, -0.1) is 0 Å². The van der Waals surface area contributed by atoms with Crippen LogP contribution in [0.5, 0.6) is 0 Å². The lowest BCUT2D eigenvalue weighted by Gasteiger charge is -2.43. The van der Waals surface area contributed by atoms with Gasteiger partial charge in [-0.05, 0) is 52.2 Å². The molecular formula is C15H19BrFNO2. The molecule has 1 aliphatic rings. The Morgan fingerprint density at radius 3 is 2.50 bits per heavy atom. The Morgan fingerprint density at radius 1 is 1.40 bits per heavy atom. The van der Waals surface area contributed by atoms with Crippen molar-refractivity contribution in [2.24, 2.45) is 0 Å². The van der Waals surface area contributed by atoms with Crippen LogP contribution >= 0.6 is 15.9 Å². The van der Waals surface area contributed by atoms with Crippen molar-refractivity contribution in [3.05, 3.63) is 34.1 Å². The monoisotopic (exact) mass is 343 g/mol. The van der Waals surface area contributed by atoms with Gasteiger partial charge >= 0.3 is 6.09 Å². The lowest BCUT2D eigenvalue weighted by atomic mass is 9.71. The Labute approximate surface area is 127 Å². The van der Waals surface area contributed by atoms with Gasteiger partial charge in [-0.2, -0.15) is 0 Å². The highest BCUT2D eigenvalue weighted by molar-refractivity contribution is 9.10. The van der Waals surface area contributed by atoms with Crippen LogP contribution in [-0.2, 0) is 10.3 Å². The molecular weight excluding hydrogens is 325 g/mol. The van der Waals surface area contributed by atoms with Crippen molar-refractivity contribution in [1.29, 1.82) is 0 Å². The minimum atomic E-state index is -0.632. The van der Waals surface area contributed by atoms with Gasteiger partial charge in [-0.3, -0.25) is 0 Å². The first-order valence-electron chi connectivity index (χ1n) is 6.69. The van der Waals surface area contributed by atoms with E-state index in [1.165, 1.54) is 6.07 Å². The standard InChI is InChI=1S/C15H19BrFNO2/c1-14(2,3)20-13(19)18-15(7-4-8-15)11-6-5-10(16)9-12(11)17/h5-6,9H,4,7-8H2,1-3H3,(H,18,19). The second-order valence-corrected chi connectivity index (χ2v) is 7.10. The first-order chi connectivity index (χ1) is 9.22. The van der Waals surface area contributed by atoms with Crippen molar-refractivity contribution in [3.8, 4) is 0 Å². The van der Waals surface area contributed by atoms with Crippen molar-refractivity contribution in [1.82, 2.24) is 5.32 Å². The summed E-state index contributed by atoms with van der Waals surface area (Å²) in [5, 5.41) is 2.85. The molecule has 0 spiro atoms. The first-order valence-corrected chi connectivity index (χ1v) is 7.48. The summed E-state index contributed by atoms with van der Waals surface area (Å²) in [6.07, 6.45) is 1.92. The number of carbonyl (C=O) groups excluding carboxylic acids is 1. The van der Waals surface area contributed by atoms with Gasteiger partial charge in [0.05, 0.1) is 5.54 Å². The fourth-order valence-electron chi connectivity index (χ4n) is 2.37. The second-order valence-electron chi connectivity index (χ2n) is 6.19. The van der Waals surface area contributed by atoms with Crippen molar-refractivity contribution < 1.29 is 13.9 Å². The fraction of sp³-hybridized carbons (Fsp3) is 0.533. The van der Waals surface area contributed by atoms with Crippen LogP contribution in [0.4, 0.5) is 9.18 Å². The molecule has 0 atom stereocenters. The molecule has 1 aromatic carbocycles. The maximum absolute atomic E-state index is 14.1. The van der Waals surface area contributed by atoms with Crippen molar-refractivity contribution in [2.45, 2.75) is 51.2 Å². The van der Waals surface area contributed by atoms with E-state index in [4.69, 9.17) is 4.74 Å². The Kier molecular flexibility index (Phi) is 4.09. The summed E-state index contributed by atoms with van der Waals surface area (Å²) in [7, 11) is 0. The molecule has 1 aliphatic carbocycles. The molecule has 1 saturated carbocycles. The third-order valence-electron chi connectivity index (χ3n) is 3.39. The van der Waals surface area contributed by atoms with Gasteiger partial charge in [0.25, 0.3) is 0 Å². The predicted octanol–water partition coefficient (Wildman–Crippen LogP) is 4.49. The van der Waals surface area contributed by atoms with Gasteiger partial charge in [0.1, 0.15) is 11.4 Å². The maximum atomic E-state index is 14.1. The molecule has 0 bridgehead atoms. The van der Waals surface area contributed by atoms with Crippen LogP contribution in [0, 0.1) is 5.82 Å². The number of hydrogen-bond donors (Lipinski definition) is 1. The zero-order valence-electron chi connectivity index (χ0n) is 11.9. The number of amides is 1. The molecule has 110 valence electrons. The van der Waals surface area contributed by atoms with E-state index in [9.17, 15) is 9.18 Å². The Morgan fingerprint density at radius 2 is 2.05 bits per heavy atom. The highest BCUT2D eigenvalue weighted by atomic mass is 79.9. The Hall–Kier alpha value is -1.10. The van der Waals surface area contributed by atoms with E-state index >= 15 is 0 Å². The molecule has 1 fully saturated rings. The molecule has 0 aliphatic heterocycles. The number of nitrogens with one attached hydrogen (secondary N) is 1. The van der Waals surface area contributed by atoms with Crippen LogP contribution in [-0.4, -0.2) is 11.7 Å². The highest BCUT2D eigenvalue weighted by Gasteiger charge is 2.42. The normalized spacial score (nSPS) is 17.2. The number of hydrogen-bond acceptors (Lipinski definition) is 2. The quantitative estimate of drug-likeness (QED) is 0.858. The van der Waals surface area contributed by atoms with Crippen molar-refractivity contribution in [2.75, 3.05) is 0 Å².